The highest BCUT2D eigenvalue weighted by Crippen LogP contribution is 2.23. The van der Waals surface area contributed by atoms with Crippen LogP contribution in [0.25, 0.3) is 11.3 Å². The van der Waals surface area contributed by atoms with E-state index in [1.807, 2.05) is 19.1 Å². The van der Waals surface area contributed by atoms with Crippen LogP contribution in [0.15, 0.2) is 30.5 Å². The predicted octanol–water partition coefficient (Wildman–Crippen LogP) is 3.09. The van der Waals surface area contributed by atoms with Crippen molar-refractivity contribution < 1.29 is 4.39 Å². The quantitative estimate of drug-likeness (QED) is 0.795. The molecule has 0 aliphatic rings. The number of hydrogen-bond acceptors (Lipinski definition) is 2. The molecule has 16 heavy (non-hydrogen) atoms. The Kier molecular flexibility index (Phi) is 2.60. The molecule has 0 amide bonds. The Morgan fingerprint density at radius 3 is 2.50 bits per heavy atom. The van der Waals surface area contributed by atoms with Crippen LogP contribution in [0.5, 0.6) is 0 Å². The van der Waals surface area contributed by atoms with Crippen LogP contribution in [0.2, 0.25) is 0 Å². The van der Waals surface area contributed by atoms with Gasteiger partial charge in [-0.05, 0) is 37.1 Å². The number of aromatic nitrogens is 1. The topological polar surface area (TPSA) is 38.9 Å². The van der Waals surface area contributed by atoms with Gasteiger partial charge in [-0.2, -0.15) is 0 Å². The number of halogens is 1. The minimum Gasteiger partial charge on any atom is -0.397 e. The van der Waals surface area contributed by atoms with Crippen LogP contribution in [0.4, 0.5) is 10.1 Å². The lowest BCUT2D eigenvalue weighted by Gasteiger charge is -2.06. The first kappa shape index (κ1) is 10.6. The number of aryl methyl sites for hydroxylation is 2. The fourth-order valence-corrected chi connectivity index (χ4v) is 1.64. The fraction of sp³-hybridized carbons (Fsp3) is 0.154. The Morgan fingerprint density at radius 2 is 1.88 bits per heavy atom. The summed E-state index contributed by atoms with van der Waals surface area (Å²) in [6.07, 6.45) is 1.58. The van der Waals surface area contributed by atoms with E-state index in [0.29, 0.717) is 11.3 Å². The number of nitrogens with two attached hydrogens (primary N) is 1. The summed E-state index contributed by atoms with van der Waals surface area (Å²) in [6, 6.07) is 6.95. The highest BCUT2D eigenvalue weighted by atomic mass is 19.1. The number of nitrogens with zero attached hydrogens (tertiary/aromatic N) is 1. The minimum atomic E-state index is -0.212. The molecule has 0 saturated carbocycles. The van der Waals surface area contributed by atoms with Gasteiger partial charge in [0.05, 0.1) is 17.6 Å². The van der Waals surface area contributed by atoms with Gasteiger partial charge in [-0.3, -0.25) is 4.98 Å². The zero-order valence-corrected chi connectivity index (χ0v) is 9.29. The van der Waals surface area contributed by atoms with Gasteiger partial charge < -0.3 is 5.73 Å². The van der Waals surface area contributed by atoms with Gasteiger partial charge in [0.2, 0.25) is 0 Å². The van der Waals surface area contributed by atoms with Crippen LogP contribution in [0.3, 0.4) is 0 Å². The van der Waals surface area contributed by atoms with Gasteiger partial charge in [-0.25, -0.2) is 4.39 Å². The molecule has 3 heteroatoms. The summed E-state index contributed by atoms with van der Waals surface area (Å²) in [5, 5.41) is 0. The van der Waals surface area contributed by atoms with E-state index in [2.05, 4.69) is 4.98 Å². The third kappa shape index (κ3) is 1.89. The molecule has 0 unspecified atom stereocenters. The van der Waals surface area contributed by atoms with Gasteiger partial charge in [0, 0.05) is 5.56 Å². The van der Waals surface area contributed by atoms with Crippen molar-refractivity contribution >= 4 is 5.69 Å². The molecule has 0 spiro atoms. The smallest absolute Gasteiger partial charge is 0.126 e. The summed E-state index contributed by atoms with van der Waals surface area (Å²) in [5.41, 5.74) is 9.38. The normalized spacial score (nSPS) is 10.4. The fourth-order valence-electron chi connectivity index (χ4n) is 1.64. The van der Waals surface area contributed by atoms with E-state index >= 15 is 0 Å². The number of rotatable bonds is 1. The van der Waals surface area contributed by atoms with E-state index in [-0.39, 0.29) is 5.82 Å². The SMILES string of the molecule is Cc1ccc(-c2ncc(N)cc2C)cc1F. The third-order valence-electron chi connectivity index (χ3n) is 2.54. The summed E-state index contributed by atoms with van der Waals surface area (Å²) < 4.78 is 13.4. The van der Waals surface area contributed by atoms with Crippen molar-refractivity contribution in [2.24, 2.45) is 0 Å². The summed E-state index contributed by atoms with van der Waals surface area (Å²) in [5.74, 6) is -0.212. The average Bonchev–Trinajstić information content (AvgIpc) is 2.22. The first-order valence-electron chi connectivity index (χ1n) is 5.06. The minimum absolute atomic E-state index is 0.212. The molecule has 0 aliphatic heterocycles. The molecule has 1 aromatic heterocycles. The molecule has 1 aromatic carbocycles. The summed E-state index contributed by atoms with van der Waals surface area (Å²) in [4.78, 5) is 4.23. The van der Waals surface area contributed by atoms with Crippen LogP contribution in [-0.4, -0.2) is 4.98 Å². The lowest BCUT2D eigenvalue weighted by atomic mass is 10.0. The highest BCUT2D eigenvalue weighted by Gasteiger charge is 2.06. The Morgan fingerprint density at radius 1 is 1.12 bits per heavy atom. The van der Waals surface area contributed by atoms with Crippen LogP contribution in [-0.2, 0) is 0 Å². The number of anilines is 1. The molecule has 2 rings (SSSR count). The first-order valence-corrected chi connectivity index (χ1v) is 5.06. The molecule has 0 saturated heterocycles. The summed E-state index contributed by atoms with van der Waals surface area (Å²) in [6.45, 7) is 3.65. The molecule has 0 bridgehead atoms. The number of hydrogen-bond donors (Lipinski definition) is 1. The molecule has 0 atom stereocenters. The molecule has 2 N–H and O–H groups in total. The Hall–Kier alpha value is -1.90. The molecule has 2 nitrogen and oxygen atoms in total. The zero-order chi connectivity index (χ0) is 11.7. The van der Waals surface area contributed by atoms with Gasteiger partial charge in [-0.1, -0.05) is 12.1 Å². The lowest BCUT2D eigenvalue weighted by molar-refractivity contribution is 0.619. The molecule has 1 heterocycles. The van der Waals surface area contributed by atoms with Gasteiger partial charge >= 0.3 is 0 Å². The molecule has 0 aliphatic carbocycles. The molecular formula is C13H13FN2. The maximum atomic E-state index is 13.4. The average molecular weight is 216 g/mol. The van der Waals surface area contributed by atoms with Gasteiger partial charge in [-0.15, -0.1) is 0 Å². The molecule has 0 fully saturated rings. The lowest BCUT2D eigenvalue weighted by Crippen LogP contribution is -1.93. The van der Waals surface area contributed by atoms with Crippen molar-refractivity contribution in [3.8, 4) is 11.3 Å². The van der Waals surface area contributed by atoms with Gasteiger partial charge in [0.15, 0.2) is 0 Å². The zero-order valence-electron chi connectivity index (χ0n) is 9.29. The number of benzene rings is 1. The van der Waals surface area contributed by atoms with Crippen LogP contribution >= 0.6 is 0 Å². The van der Waals surface area contributed by atoms with E-state index in [1.54, 1.807) is 19.2 Å². The second kappa shape index (κ2) is 3.93. The summed E-state index contributed by atoms with van der Waals surface area (Å²) >= 11 is 0. The molecular weight excluding hydrogens is 203 g/mol. The first-order chi connectivity index (χ1) is 7.58. The van der Waals surface area contributed by atoms with E-state index in [0.717, 1.165) is 16.8 Å². The molecule has 2 aromatic rings. The van der Waals surface area contributed by atoms with Crippen molar-refractivity contribution in [3.63, 3.8) is 0 Å². The standard InChI is InChI=1S/C13H13FN2/c1-8-3-4-10(6-12(8)14)13-9(2)5-11(15)7-16-13/h3-7H,15H2,1-2H3. The van der Waals surface area contributed by atoms with Crippen molar-refractivity contribution in [1.82, 2.24) is 4.98 Å². The van der Waals surface area contributed by atoms with Crippen molar-refractivity contribution in [2.75, 3.05) is 5.73 Å². The Labute approximate surface area is 93.9 Å². The van der Waals surface area contributed by atoms with Crippen molar-refractivity contribution in [1.29, 1.82) is 0 Å². The van der Waals surface area contributed by atoms with E-state index in [4.69, 9.17) is 5.73 Å². The van der Waals surface area contributed by atoms with Crippen molar-refractivity contribution in [3.05, 3.63) is 47.4 Å². The second-order valence-electron chi connectivity index (χ2n) is 3.90. The highest BCUT2D eigenvalue weighted by molar-refractivity contribution is 5.65. The maximum Gasteiger partial charge on any atom is 0.126 e. The third-order valence-corrected chi connectivity index (χ3v) is 2.54. The van der Waals surface area contributed by atoms with E-state index < -0.39 is 0 Å². The molecule has 82 valence electrons. The number of pyridine rings is 1. The monoisotopic (exact) mass is 216 g/mol. The number of nitrogen functional groups attached to an aromatic ring is 1. The summed E-state index contributed by atoms with van der Waals surface area (Å²) in [7, 11) is 0. The maximum absolute atomic E-state index is 13.4. The van der Waals surface area contributed by atoms with Gasteiger partial charge in [0.25, 0.3) is 0 Å². The van der Waals surface area contributed by atoms with Crippen molar-refractivity contribution in [2.45, 2.75) is 13.8 Å². The van der Waals surface area contributed by atoms with Crippen LogP contribution in [0.1, 0.15) is 11.1 Å². The Bertz CT molecular complexity index is 535. The Balaban J connectivity index is 2.54. The van der Waals surface area contributed by atoms with Crippen LogP contribution in [0, 0.1) is 19.7 Å². The predicted molar refractivity (Wildman–Crippen MR) is 63.5 cm³/mol. The van der Waals surface area contributed by atoms with E-state index in [9.17, 15) is 4.39 Å². The largest absolute Gasteiger partial charge is 0.397 e. The van der Waals surface area contributed by atoms with E-state index in [1.165, 1.54) is 6.07 Å². The van der Waals surface area contributed by atoms with Crippen LogP contribution < -0.4 is 5.73 Å². The van der Waals surface area contributed by atoms with Gasteiger partial charge in [0.1, 0.15) is 5.82 Å². The molecule has 0 radical (unpaired) electrons. The second-order valence-corrected chi connectivity index (χ2v) is 3.90.